The first-order valence-corrected chi connectivity index (χ1v) is 6.76. The van der Waals surface area contributed by atoms with E-state index >= 15 is 0 Å². The van der Waals surface area contributed by atoms with E-state index in [1.807, 2.05) is 18.2 Å². The molecule has 3 N–H and O–H groups in total. The summed E-state index contributed by atoms with van der Waals surface area (Å²) in [5.74, 6) is 0.922. The molecule has 0 atom stereocenters. The molecule has 0 spiro atoms. The Balaban J connectivity index is 2.10. The first kappa shape index (κ1) is 13.8. The molecule has 5 nitrogen and oxygen atoms in total. The van der Waals surface area contributed by atoms with Crippen LogP contribution in [0.5, 0.6) is 0 Å². The van der Waals surface area contributed by atoms with Gasteiger partial charge in [-0.2, -0.15) is 0 Å². The molecule has 1 aromatic heterocycles. The average molecular weight is 261 g/mol. The molecule has 1 aromatic carbocycles. The van der Waals surface area contributed by atoms with E-state index in [0.29, 0.717) is 6.54 Å². The molecule has 0 bridgehead atoms. The van der Waals surface area contributed by atoms with Crippen LogP contribution in [0, 0.1) is 0 Å². The highest BCUT2D eigenvalue weighted by Crippen LogP contribution is 2.19. The summed E-state index contributed by atoms with van der Waals surface area (Å²) < 4.78 is 2.16. The molecule has 0 aliphatic carbocycles. The summed E-state index contributed by atoms with van der Waals surface area (Å²) in [5.41, 5.74) is 7.85. The highest BCUT2D eigenvalue weighted by atomic mass is 15.2. The first-order chi connectivity index (χ1) is 9.22. The summed E-state index contributed by atoms with van der Waals surface area (Å²) in [6.45, 7) is 3.40. The van der Waals surface area contributed by atoms with Crippen LogP contribution < -0.4 is 11.1 Å². The Morgan fingerprint density at radius 1 is 1.32 bits per heavy atom. The Kier molecular flexibility index (Phi) is 4.76. The zero-order chi connectivity index (χ0) is 13.7. The van der Waals surface area contributed by atoms with Crippen LogP contribution in [0.1, 0.15) is 6.42 Å². The van der Waals surface area contributed by atoms with E-state index < -0.39 is 0 Å². The SMILES string of the molecule is CN(C)CCCNc1nc2ccccc2n1CCN. The Morgan fingerprint density at radius 2 is 2.11 bits per heavy atom. The van der Waals surface area contributed by atoms with Gasteiger partial charge >= 0.3 is 0 Å². The van der Waals surface area contributed by atoms with Gasteiger partial charge < -0.3 is 20.5 Å². The lowest BCUT2D eigenvalue weighted by Crippen LogP contribution is -2.18. The normalized spacial score (nSPS) is 11.4. The van der Waals surface area contributed by atoms with Gasteiger partial charge in [0.25, 0.3) is 0 Å². The third-order valence-electron chi connectivity index (χ3n) is 3.07. The first-order valence-electron chi connectivity index (χ1n) is 6.76. The molecule has 0 radical (unpaired) electrons. The van der Waals surface area contributed by atoms with Crippen LogP contribution in [-0.4, -0.2) is 48.2 Å². The van der Waals surface area contributed by atoms with Gasteiger partial charge in [-0.25, -0.2) is 4.98 Å². The second-order valence-electron chi connectivity index (χ2n) is 4.95. The molecule has 0 amide bonds. The molecule has 0 fully saturated rings. The summed E-state index contributed by atoms with van der Waals surface area (Å²) >= 11 is 0. The van der Waals surface area contributed by atoms with Gasteiger partial charge in [0.15, 0.2) is 0 Å². The highest BCUT2D eigenvalue weighted by Gasteiger charge is 2.08. The van der Waals surface area contributed by atoms with Gasteiger partial charge in [0.2, 0.25) is 5.95 Å². The largest absolute Gasteiger partial charge is 0.356 e. The summed E-state index contributed by atoms with van der Waals surface area (Å²) in [4.78, 5) is 6.82. The quantitative estimate of drug-likeness (QED) is 0.739. The lowest BCUT2D eigenvalue weighted by atomic mass is 10.3. The third-order valence-corrected chi connectivity index (χ3v) is 3.07. The van der Waals surface area contributed by atoms with E-state index in [2.05, 4.69) is 39.9 Å². The van der Waals surface area contributed by atoms with Gasteiger partial charge in [-0.3, -0.25) is 0 Å². The van der Waals surface area contributed by atoms with Gasteiger partial charge in [-0.15, -0.1) is 0 Å². The lowest BCUT2D eigenvalue weighted by Gasteiger charge is -2.11. The van der Waals surface area contributed by atoms with Gasteiger partial charge in [0, 0.05) is 19.6 Å². The smallest absolute Gasteiger partial charge is 0.203 e. The zero-order valence-corrected chi connectivity index (χ0v) is 11.8. The number of nitrogens with one attached hydrogen (secondary N) is 1. The monoisotopic (exact) mass is 261 g/mol. The summed E-state index contributed by atoms with van der Waals surface area (Å²) in [6.07, 6.45) is 1.10. The van der Waals surface area contributed by atoms with Crippen molar-refractivity contribution in [3.8, 4) is 0 Å². The molecule has 1 heterocycles. The van der Waals surface area contributed by atoms with E-state index in [0.717, 1.165) is 43.0 Å². The lowest BCUT2D eigenvalue weighted by molar-refractivity contribution is 0.405. The maximum absolute atomic E-state index is 5.69. The molecule has 5 heteroatoms. The average Bonchev–Trinajstić information content (AvgIpc) is 2.74. The van der Waals surface area contributed by atoms with Crippen molar-refractivity contribution in [1.29, 1.82) is 0 Å². The van der Waals surface area contributed by atoms with Gasteiger partial charge in [-0.1, -0.05) is 12.1 Å². The number of aromatic nitrogens is 2. The maximum atomic E-state index is 5.69. The Morgan fingerprint density at radius 3 is 2.84 bits per heavy atom. The fourth-order valence-electron chi connectivity index (χ4n) is 2.16. The van der Waals surface area contributed by atoms with Crippen molar-refractivity contribution in [3.05, 3.63) is 24.3 Å². The Labute approximate surface area is 114 Å². The molecule has 0 saturated heterocycles. The molecule has 2 aromatic rings. The third kappa shape index (κ3) is 3.45. The molecule has 0 saturated carbocycles. The van der Waals surface area contributed by atoms with Crippen LogP contribution in [0.15, 0.2) is 24.3 Å². The highest BCUT2D eigenvalue weighted by molar-refractivity contribution is 5.78. The van der Waals surface area contributed by atoms with E-state index in [-0.39, 0.29) is 0 Å². The molecule has 0 aliphatic rings. The predicted molar refractivity (Wildman–Crippen MR) is 80.4 cm³/mol. The fraction of sp³-hybridized carbons (Fsp3) is 0.500. The van der Waals surface area contributed by atoms with Crippen molar-refractivity contribution in [3.63, 3.8) is 0 Å². The molecular formula is C14H23N5. The molecular weight excluding hydrogens is 238 g/mol. The molecule has 2 rings (SSSR count). The Bertz CT molecular complexity index is 518. The number of nitrogens with two attached hydrogens (primary N) is 1. The van der Waals surface area contributed by atoms with E-state index in [4.69, 9.17) is 5.73 Å². The minimum Gasteiger partial charge on any atom is -0.356 e. The number of benzene rings is 1. The van der Waals surface area contributed by atoms with Crippen molar-refractivity contribution in [1.82, 2.24) is 14.5 Å². The number of hydrogen-bond acceptors (Lipinski definition) is 4. The number of nitrogens with zero attached hydrogens (tertiary/aromatic N) is 3. The second kappa shape index (κ2) is 6.54. The molecule has 104 valence electrons. The van der Waals surface area contributed by atoms with Crippen LogP contribution in [0.3, 0.4) is 0 Å². The summed E-state index contributed by atoms with van der Waals surface area (Å²) in [5, 5.41) is 3.41. The van der Waals surface area contributed by atoms with Crippen LogP contribution in [-0.2, 0) is 6.54 Å². The van der Waals surface area contributed by atoms with Crippen molar-refractivity contribution < 1.29 is 0 Å². The topological polar surface area (TPSA) is 59.1 Å². The van der Waals surface area contributed by atoms with Gasteiger partial charge in [-0.05, 0) is 39.2 Å². The van der Waals surface area contributed by atoms with Crippen LogP contribution >= 0.6 is 0 Å². The van der Waals surface area contributed by atoms with Crippen LogP contribution in [0.25, 0.3) is 11.0 Å². The number of fused-ring (bicyclic) bond motifs is 1. The van der Waals surface area contributed by atoms with Crippen LogP contribution in [0.4, 0.5) is 5.95 Å². The minimum atomic E-state index is 0.618. The van der Waals surface area contributed by atoms with E-state index in [1.54, 1.807) is 0 Å². The number of anilines is 1. The number of para-hydroxylation sites is 2. The van der Waals surface area contributed by atoms with Crippen molar-refractivity contribution in [2.24, 2.45) is 5.73 Å². The summed E-state index contributed by atoms with van der Waals surface area (Å²) in [7, 11) is 4.17. The Hall–Kier alpha value is -1.59. The number of rotatable bonds is 7. The maximum Gasteiger partial charge on any atom is 0.203 e. The summed E-state index contributed by atoms with van der Waals surface area (Å²) in [6, 6.07) is 8.17. The van der Waals surface area contributed by atoms with Crippen LogP contribution in [0.2, 0.25) is 0 Å². The molecule has 0 aliphatic heterocycles. The van der Waals surface area contributed by atoms with Crippen molar-refractivity contribution in [2.45, 2.75) is 13.0 Å². The zero-order valence-electron chi connectivity index (χ0n) is 11.8. The predicted octanol–water partition coefficient (Wildman–Crippen LogP) is 1.36. The standard InChI is InChI=1S/C14H23N5/c1-18(2)10-5-9-16-14-17-12-6-3-4-7-13(12)19(14)11-8-15/h3-4,6-7H,5,8-11,15H2,1-2H3,(H,16,17). The van der Waals surface area contributed by atoms with E-state index in [1.165, 1.54) is 0 Å². The number of imidazole rings is 1. The minimum absolute atomic E-state index is 0.618. The van der Waals surface area contributed by atoms with Gasteiger partial charge in [0.1, 0.15) is 0 Å². The van der Waals surface area contributed by atoms with Gasteiger partial charge in [0.05, 0.1) is 11.0 Å². The second-order valence-corrected chi connectivity index (χ2v) is 4.95. The van der Waals surface area contributed by atoms with Crippen molar-refractivity contribution >= 4 is 17.0 Å². The number of hydrogen-bond donors (Lipinski definition) is 2. The molecule has 19 heavy (non-hydrogen) atoms. The van der Waals surface area contributed by atoms with E-state index in [9.17, 15) is 0 Å². The van der Waals surface area contributed by atoms with Crippen molar-refractivity contribution in [2.75, 3.05) is 39.0 Å². The fourth-order valence-corrected chi connectivity index (χ4v) is 2.16. The molecule has 0 unspecified atom stereocenters.